The number of piperidine rings is 2. The second-order valence-electron chi connectivity index (χ2n) is 8.67. The molecule has 0 spiro atoms. The first-order valence-corrected chi connectivity index (χ1v) is 11.1. The number of carbonyl (C=O) groups excluding carboxylic acids is 1. The molecule has 0 saturated carbocycles. The smallest absolute Gasteiger partial charge is 0.306 e. The summed E-state index contributed by atoms with van der Waals surface area (Å²) < 4.78 is 1.99. The van der Waals surface area contributed by atoms with Crippen molar-refractivity contribution >= 4 is 22.9 Å². The zero-order chi connectivity index (χ0) is 22.1. The molecule has 2 saturated heterocycles. The second-order valence-corrected chi connectivity index (χ2v) is 8.67. The molecule has 2 N–H and O–H groups in total. The van der Waals surface area contributed by atoms with Crippen LogP contribution in [0, 0.1) is 5.92 Å². The van der Waals surface area contributed by atoms with E-state index in [0.717, 1.165) is 35.1 Å². The summed E-state index contributed by atoms with van der Waals surface area (Å²) in [6.07, 6.45) is 10.2. The number of nitrogens with zero attached hydrogens (tertiary/aromatic N) is 6. The van der Waals surface area contributed by atoms with Crippen molar-refractivity contribution in [2.75, 3.05) is 32.7 Å². The number of likely N-dealkylation sites (tertiary alicyclic amines) is 2. The van der Waals surface area contributed by atoms with Crippen molar-refractivity contribution in [3.8, 4) is 11.3 Å². The van der Waals surface area contributed by atoms with Gasteiger partial charge in [0.1, 0.15) is 12.0 Å². The van der Waals surface area contributed by atoms with Gasteiger partial charge in [-0.3, -0.25) is 19.2 Å². The van der Waals surface area contributed by atoms with Crippen molar-refractivity contribution in [2.45, 2.75) is 31.7 Å². The predicted molar refractivity (Wildman–Crippen MR) is 117 cm³/mol. The molecule has 0 bridgehead atoms. The van der Waals surface area contributed by atoms with Gasteiger partial charge in [0.15, 0.2) is 0 Å². The van der Waals surface area contributed by atoms with Gasteiger partial charge in [0.2, 0.25) is 5.91 Å². The minimum Gasteiger partial charge on any atom is -0.481 e. The van der Waals surface area contributed by atoms with Crippen LogP contribution in [0.15, 0.2) is 31.0 Å². The van der Waals surface area contributed by atoms with E-state index in [1.807, 2.05) is 34.2 Å². The molecule has 5 heterocycles. The van der Waals surface area contributed by atoms with Crippen molar-refractivity contribution < 1.29 is 14.7 Å². The molecule has 0 unspecified atom stereocenters. The zero-order valence-corrected chi connectivity index (χ0v) is 17.9. The lowest BCUT2D eigenvalue weighted by molar-refractivity contribution is -0.143. The standard InChI is InChI=1S/C22H27N7O3/c30-19(13-27-7-2-15(3-8-27)22(31)32)28-9-4-17(5-10-28)29-12-16(11-26-29)20-18-1-6-23-21(18)25-14-24-20/h1,6,11-12,14-15,17H,2-5,7-10,13H2,(H,31,32)(H,23,24,25). The molecule has 0 aliphatic carbocycles. The average Bonchev–Trinajstić information content (AvgIpc) is 3.49. The van der Waals surface area contributed by atoms with Crippen LogP contribution in [0.3, 0.4) is 0 Å². The van der Waals surface area contributed by atoms with Gasteiger partial charge in [0.05, 0.1) is 30.4 Å². The van der Waals surface area contributed by atoms with E-state index in [1.54, 1.807) is 6.33 Å². The number of amides is 1. The number of nitrogens with one attached hydrogen (secondary N) is 1. The summed E-state index contributed by atoms with van der Waals surface area (Å²) in [4.78, 5) is 39.6. The topological polar surface area (TPSA) is 120 Å². The normalized spacial score (nSPS) is 18.9. The van der Waals surface area contributed by atoms with Crippen LogP contribution >= 0.6 is 0 Å². The number of aromatic amines is 1. The van der Waals surface area contributed by atoms with Crippen LogP contribution in [0.2, 0.25) is 0 Å². The van der Waals surface area contributed by atoms with E-state index >= 15 is 0 Å². The first kappa shape index (κ1) is 20.6. The van der Waals surface area contributed by atoms with Gasteiger partial charge in [0.25, 0.3) is 0 Å². The predicted octanol–water partition coefficient (Wildman–Crippen LogP) is 1.78. The molecule has 2 aliphatic heterocycles. The SMILES string of the molecule is O=C(O)C1CCN(CC(=O)N2CCC(n3cc(-c4ncnc5[nH]ccc45)cn3)CC2)CC1. The first-order chi connectivity index (χ1) is 15.6. The number of carboxylic acid groups (broad SMARTS) is 1. The summed E-state index contributed by atoms with van der Waals surface area (Å²) in [5.41, 5.74) is 2.63. The van der Waals surface area contributed by atoms with E-state index in [2.05, 4.69) is 25.0 Å². The number of fused-ring (bicyclic) bond motifs is 1. The highest BCUT2D eigenvalue weighted by Crippen LogP contribution is 2.28. The number of H-pyrrole nitrogens is 1. The molecule has 10 nitrogen and oxygen atoms in total. The number of aromatic nitrogens is 5. The van der Waals surface area contributed by atoms with Gasteiger partial charge in [-0.1, -0.05) is 0 Å². The van der Waals surface area contributed by atoms with Crippen molar-refractivity contribution in [2.24, 2.45) is 5.92 Å². The fourth-order valence-electron chi connectivity index (χ4n) is 4.77. The molecule has 5 rings (SSSR count). The van der Waals surface area contributed by atoms with Crippen LogP contribution < -0.4 is 0 Å². The molecule has 3 aromatic rings. The minimum atomic E-state index is -0.725. The Bertz CT molecular complexity index is 1110. The van der Waals surface area contributed by atoms with Crippen LogP contribution in [0.4, 0.5) is 0 Å². The summed E-state index contributed by atoms with van der Waals surface area (Å²) >= 11 is 0. The largest absolute Gasteiger partial charge is 0.481 e. The highest BCUT2D eigenvalue weighted by Gasteiger charge is 2.29. The van der Waals surface area contributed by atoms with Crippen LogP contribution in [0.5, 0.6) is 0 Å². The third kappa shape index (κ3) is 4.10. The minimum absolute atomic E-state index is 0.134. The van der Waals surface area contributed by atoms with Gasteiger partial charge in [0, 0.05) is 36.4 Å². The van der Waals surface area contributed by atoms with E-state index in [1.165, 1.54) is 0 Å². The molecule has 2 fully saturated rings. The molecule has 3 aromatic heterocycles. The summed E-state index contributed by atoms with van der Waals surface area (Å²) in [7, 11) is 0. The van der Waals surface area contributed by atoms with Crippen molar-refractivity contribution in [3.05, 3.63) is 31.0 Å². The van der Waals surface area contributed by atoms with Crippen molar-refractivity contribution in [3.63, 3.8) is 0 Å². The van der Waals surface area contributed by atoms with Crippen LogP contribution in [-0.4, -0.2) is 84.2 Å². The monoisotopic (exact) mass is 437 g/mol. The Hall–Kier alpha value is -3.27. The number of carboxylic acids is 1. The lowest BCUT2D eigenvalue weighted by Gasteiger charge is -2.35. The van der Waals surface area contributed by atoms with Gasteiger partial charge in [-0.15, -0.1) is 0 Å². The molecule has 0 aromatic carbocycles. The van der Waals surface area contributed by atoms with Gasteiger partial charge in [-0.05, 0) is 44.8 Å². The van der Waals surface area contributed by atoms with Crippen molar-refractivity contribution in [1.82, 2.24) is 34.5 Å². The van der Waals surface area contributed by atoms with Crippen molar-refractivity contribution in [1.29, 1.82) is 0 Å². The molecule has 32 heavy (non-hydrogen) atoms. The van der Waals surface area contributed by atoms with Crippen LogP contribution in [-0.2, 0) is 9.59 Å². The Kier molecular flexibility index (Phi) is 5.60. The molecule has 10 heteroatoms. The number of rotatable bonds is 5. The maximum absolute atomic E-state index is 12.7. The van der Waals surface area contributed by atoms with Gasteiger partial charge in [-0.2, -0.15) is 5.10 Å². The fraction of sp³-hybridized carbons (Fsp3) is 0.500. The average molecular weight is 438 g/mol. The summed E-state index contributed by atoms with van der Waals surface area (Å²) in [5, 5.41) is 14.7. The molecule has 168 valence electrons. The molecule has 0 atom stereocenters. The van der Waals surface area contributed by atoms with E-state index in [-0.39, 0.29) is 17.9 Å². The Morgan fingerprint density at radius 1 is 1.09 bits per heavy atom. The van der Waals surface area contributed by atoms with E-state index in [4.69, 9.17) is 5.11 Å². The number of hydrogen-bond acceptors (Lipinski definition) is 6. The number of aliphatic carboxylic acids is 1. The Balaban J connectivity index is 1.16. The summed E-state index contributed by atoms with van der Waals surface area (Å²) in [6, 6.07) is 2.22. The van der Waals surface area contributed by atoms with Crippen LogP contribution in [0.25, 0.3) is 22.3 Å². The Morgan fingerprint density at radius 2 is 1.88 bits per heavy atom. The third-order valence-electron chi connectivity index (χ3n) is 6.72. The van der Waals surface area contributed by atoms with E-state index < -0.39 is 5.97 Å². The number of carbonyl (C=O) groups is 2. The first-order valence-electron chi connectivity index (χ1n) is 11.1. The Labute approximate surface area is 185 Å². The molecular formula is C22H27N7O3. The highest BCUT2D eigenvalue weighted by atomic mass is 16.4. The third-order valence-corrected chi connectivity index (χ3v) is 6.72. The van der Waals surface area contributed by atoms with Gasteiger partial charge in [-0.25, -0.2) is 9.97 Å². The van der Waals surface area contributed by atoms with Crippen LogP contribution in [0.1, 0.15) is 31.7 Å². The van der Waals surface area contributed by atoms with Gasteiger partial charge < -0.3 is 15.0 Å². The lowest BCUT2D eigenvalue weighted by Crippen LogP contribution is -2.46. The number of hydrogen-bond donors (Lipinski definition) is 2. The molecule has 1 amide bonds. The molecule has 2 aliphatic rings. The highest BCUT2D eigenvalue weighted by molar-refractivity contribution is 5.90. The maximum atomic E-state index is 12.7. The fourth-order valence-corrected chi connectivity index (χ4v) is 4.77. The van der Waals surface area contributed by atoms with E-state index in [0.29, 0.717) is 45.6 Å². The lowest BCUT2D eigenvalue weighted by atomic mass is 9.97. The zero-order valence-electron chi connectivity index (χ0n) is 17.9. The van der Waals surface area contributed by atoms with E-state index in [9.17, 15) is 9.59 Å². The molecule has 0 radical (unpaired) electrons. The van der Waals surface area contributed by atoms with Gasteiger partial charge >= 0.3 is 5.97 Å². The quantitative estimate of drug-likeness (QED) is 0.624. The second kappa shape index (κ2) is 8.70. The maximum Gasteiger partial charge on any atom is 0.306 e. The molecular weight excluding hydrogens is 410 g/mol. The Morgan fingerprint density at radius 3 is 2.62 bits per heavy atom. The summed E-state index contributed by atoms with van der Waals surface area (Å²) in [5.74, 6) is -0.863. The summed E-state index contributed by atoms with van der Waals surface area (Å²) in [6.45, 7) is 3.14.